The van der Waals surface area contributed by atoms with Crippen molar-refractivity contribution in [3.8, 4) is 0 Å². The maximum Gasteiger partial charge on any atom is 0.331 e. The highest BCUT2D eigenvalue weighted by Crippen LogP contribution is 2.05. The van der Waals surface area contributed by atoms with Gasteiger partial charge in [-0.1, -0.05) is 42.5 Å². The zero-order valence-electron chi connectivity index (χ0n) is 10.3. The summed E-state index contributed by atoms with van der Waals surface area (Å²) in [6, 6.07) is 15.3. The highest BCUT2D eigenvalue weighted by molar-refractivity contribution is 5.86. The molecule has 0 heterocycles. The van der Waals surface area contributed by atoms with Crippen molar-refractivity contribution in [1.82, 2.24) is 0 Å². The first-order chi connectivity index (χ1) is 9.24. The summed E-state index contributed by atoms with van der Waals surface area (Å²) < 4.78 is 17.7. The fourth-order valence-corrected chi connectivity index (χ4v) is 1.51. The Balaban J connectivity index is 1.85. The molecule has 3 heteroatoms. The fourth-order valence-electron chi connectivity index (χ4n) is 1.51. The molecule has 0 aromatic heterocycles. The minimum Gasteiger partial charge on any atom is -0.458 e. The van der Waals surface area contributed by atoms with E-state index in [-0.39, 0.29) is 12.4 Å². The van der Waals surface area contributed by atoms with Crippen LogP contribution in [0.1, 0.15) is 11.1 Å². The Morgan fingerprint density at radius 3 is 2.42 bits per heavy atom. The van der Waals surface area contributed by atoms with Gasteiger partial charge in [-0.05, 0) is 29.3 Å². The van der Waals surface area contributed by atoms with E-state index in [0.717, 1.165) is 11.1 Å². The second-order valence-corrected chi connectivity index (χ2v) is 3.98. The maximum atomic E-state index is 12.7. The quantitative estimate of drug-likeness (QED) is 0.617. The smallest absolute Gasteiger partial charge is 0.331 e. The van der Waals surface area contributed by atoms with Crippen LogP contribution in [0.25, 0.3) is 6.08 Å². The van der Waals surface area contributed by atoms with Crippen molar-refractivity contribution >= 4 is 12.0 Å². The Hall–Kier alpha value is -2.42. The molecule has 0 fully saturated rings. The molecule has 2 aromatic carbocycles. The van der Waals surface area contributed by atoms with Crippen LogP contribution in [0.5, 0.6) is 0 Å². The van der Waals surface area contributed by atoms with E-state index in [9.17, 15) is 9.18 Å². The van der Waals surface area contributed by atoms with Crippen LogP contribution >= 0.6 is 0 Å². The summed E-state index contributed by atoms with van der Waals surface area (Å²) in [5.41, 5.74) is 1.68. The van der Waals surface area contributed by atoms with Crippen LogP contribution in [-0.2, 0) is 16.1 Å². The standard InChI is InChI=1S/C16H13FO2/c17-15-9-6-14(7-10-15)12-19-16(18)11-8-13-4-2-1-3-5-13/h1-11H,12H2/b11-8+. The van der Waals surface area contributed by atoms with Crippen LogP contribution in [-0.4, -0.2) is 5.97 Å². The monoisotopic (exact) mass is 256 g/mol. The molecule has 0 spiro atoms. The number of carbonyl (C=O) groups is 1. The average Bonchev–Trinajstić information content (AvgIpc) is 2.45. The second kappa shape index (κ2) is 6.50. The summed E-state index contributed by atoms with van der Waals surface area (Å²) in [4.78, 5) is 11.5. The van der Waals surface area contributed by atoms with Gasteiger partial charge in [-0.15, -0.1) is 0 Å². The Morgan fingerprint density at radius 1 is 1.05 bits per heavy atom. The normalized spacial score (nSPS) is 10.6. The lowest BCUT2D eigenvalue weighted by atomic mass is 10.2. The van der Waals surface area contributed by atoms with Crippen LogP contribution < -0.4 is 0 Å². The summed E-state index contributed by atoms with van der Waals surface area (Å²) in [6.45, 7) is 0.137. The van der Waals surface area contributed by atoms with Crippen LogP contribution in [0.4, 0.5) is 4.39 Å². The molecule has 2 aromatic rings. The van der Waals surface area contributed by atoms with Crippen LogP contribution in [0.15, 0.2) is 60.7 Å². The maximum absolute atomic E-state index is 12.7. The number of ether oxygens (including phenoxy) is 1. The van der Waals surface area contributed by atoms with Gasteiger partial charge in [0, 0.05) is 6.08 Å². The van der Waals surface area contributed by atoms with Gasteiger partial charge in [0.2, 0.25) is 0 Å². The minimum absolute atomic E-state index is 0.137. The van der Waals surface area contributed by atoms with Crippen LogP contribution in [0.2, 0.25) is 0 Å². The third-order valence-electron chi connectivity index (χ3n) is 2.51. The number of esters is 1. The molecule has 0 aliphatic rings. The Kier molecular flexibility index (Phi) is 4.45. The van der Waals surface area contributed by atoms with Gasteiger partial charge in [0.15, 0.2) is 0 Å². The van der Waals surface area contributed by atoms with Gasteiger partial charge in [0.1, 0.15) is 12.4 Å². The lowest BCUT2D eigenvalue weighted by Crippen LogP contribution is -2.00. The number of halogens is 1. The molecule has 0 N–H and O–H groups in total. The number of hydrogen-bond acceptors (Lipinski definition) is 2. The number of rotatable bonds is 4. The highest BCUT2D eigenvalue weighted by Gasteiger charge is 1.99. The van der Waals surface area contributed by atoms with E-state index >= 15 is 0 Å². The van der Waals surface area contributed by atoms with Gasteiger partial charge in [-0.3, -0.25) is 0 Å². The van der Waals surface area contributed by atoms with E-state index in [4.69, 9.17) is 4.74 Å². The van der Waals surface area contributed by atoms with E-state index in [2.05, 4.69) is 0 Å². The summed E-state index contributed by atoms with van der Waals surface area (Å²) in [7, 11) is 0. The highest BCUT2D eigenvalue weighted by atomic mass is 19.1. The van der Waals surface area contributed by atoms with Crippen molar-refractivity contribution in [3.05, 3.63) is 77.6 Å². The molecule has 0 aliphatic carbocycles. The zero-order chi connectivity index (χ0) is 13.5. The summed E-state index contributed by atoms with van der Waals surface area (Å²) in [5.74, 6) is -0.729. The molecule has 0 radical (unpaired) electrons. The van der Waals surface area contributed by atoms with E-state index in [0.29, 0.717) is 0 Å². The van der Waals surface area contributed by atoms with Gasteiger partial charge in [0.05, 0.1) is 0 Å². The molecule has 0 unspecified atom stereocenters. The molecule has 0 saturated heterocycles. The van der Waals surface area contributed by atoms with Gasteiger partial charge in [-0.2, -0.15) is 0 Å². The molecule has 0 saturated carbocycles. The molecule has 0 amide bonds. The van der Waals surface area contributed by atoms with Gasteiger partial charge in [0.25, 0.3) is 0 Å². The van der Waals surface area contributed by atoms with Crippen molar-refractivity contribution in [1.29, 1.82) is 0 Å². The zero-order valence-corrected chi connectivity index (χ0v) is 10.3. The van der Waals surface area contributed by atoms with Crippen LogP contribution in [0, 0.1) is 5.82 Å². The largest absolute Gasteiger partial charge is 0.458 e. The molecule has 19 heavy (non-hydrogen) atoms. The second-order valence-electron chi connectivity index (χ2n) is 3.98. The Bertz CT molecular complexity index is 559. The summed E-state index contributed by atoms with van der Waals surface area (Å²) in [6.07, 6.45) is 3.06. The van der Waals surface area contributed by atoms with Gasteiger partial charge >= 0.3 is 5.97 Å². The average molecular weight is 256 g/mol. The lowest BCUT2D eigenvalue weighted by Gasteiger charge is -2.01. The van der Waals surface area contributed by atoms with Gasteiger partial charge < -0.3 is 4.74 Å². The summed E-state index contributed by atoms with van der Waals surface area (Å²) >= 11 is 0. The van der Waals surface area contributed by atoms with Crippen molar-refractivity contribution in [2.75, 3.05) is 0 Å². The van der Waals surface area contributed by atoms with Crippen molar-refractivity contribution in [2.24, 2.45) is 0 Å². The van der Waals surface area contributed by atoms with Crippen molar-refractivity contribution in [2.45, 2.75) is 6.61 Å². The fraction of sp³-hybridized carbons (Fsp3) is 0.0625. The minimum atomic E-state index is -0.423. The van der Waals surface area contributed by atoms with Crippen LogP contribution in [0.3, 0.4) is 0 Å². The molecular formula is C16H13FO2. The summed E-state index contributed by atoms with van der Waals surface area (Å²) in [5, 5.41) is 0. The van der Waals surface area contributed by atoms with E-state index < -0.39 is 5.97 Å². The Morgan fingerprint density at radius 2 is 1.74 bits per heavy atom. The Labute approximate surface area is 111 Å². The first kappa shape index (κ1) is 13.0. The van der Waals surface area contributed by atoms with Crippen molar-refractivity contribution in [3.63, 3.8) is 0 Å². The molecule has 2 rings (SSSR count). The topological polar surface area (TPSA) is 26.3 Å². The first-order valence-corrected chi connectivity index (χ1v) is 5.88. The number of benzene rings is 2. The predicted molar refractivity (Wildman–Crippen MR) is 71.7 cm³/mol. The molecule has 2 nitrogen and oxygen atoms in total. The van der Waals surface area contributed by atoms with E-state index in [1.165, 1.54) is 18.2 Å². The van der Waals surface area contributed by atoms with Crippen molar-refractivity contribution < 1.29 is 13.9 Å². The molecule has 96 valence electrons. The SMILES string of the molecule is O=C(/C=C/c1ccccc1)OCc1ccc(F)cc1. The lowest BCUT2D eigenvalue weighted by molar-refractivity contribution is -0.138. The third-order valence-corrected chi connectivity index (χ3v) is 2.51. The third kappa shape index (κ3) is 4.39. The van der Waals surface area contributed by atoms with Gasteiger partial charge in [-0.25, -0.2) is 9.18 Å². The molecule has 0 atom stereocenters. The molecule has 0 bridgehead atoms. The number of carbonyl (C=O) groups excluding carboxylic acids is 1. The van der Waals surface area contributed by atoms with E-state index in [1.807, 2.05) is 30.3 Å². The number of hydrogen-bond donors (Lipinski definition) is 0. The molecular weight excluding hydrogens is 243 g/mol. The molecule has 0 aliphatic heterocycles. The first-order valence-electron chi connectivity index (χ1n) is 5.88. The van der Waals surface area contributed by atoms with E-state index in [1.54, 1.807) is 18.2 Å². The predicted octanol–water partition coefficient (Wildman–Crippen LogP) is 3.58.